The van der Waals surface area contributed by atoms with Gasteiger partial charge in [0, 0.05) is 7.05 Å². The molecule has 0 aliphatic heterocycles. The van der Waals surface area contributed by atoms with Crippen molar-refractivity contribution in [3.63, 3.8) is 0 Å². The second-order valence-corrected chi connectivity index (χ2v) is 6.51. The van der Waals surface area contributed by atoms with Gasteiger partial charge >= 0.3 is 12.0 Å². The molecule has 7 nitrogen and oxygen atoms in total. The fourth-order valence-corrected chi connectivity index (χ4v) is 3.17. The quantitative estimate of drug-likeness (QED) is 0.625. The minimum atomic E-state index is -0.518. The molecule has 1 aromatic heterocycles. The number of hydrogen-bond acceptors (Lipinski definition) is 4. The topological polar surface area (TPSA) is 85.2 Å². The second kappa shape index (κ2) is 9.05. The molecule has 1 heterocycles. The molecule has 0 aliphatic rings. The molecular formula is C22H24N4O3. The third kappa shape index (κ3) is 4.63. The van der Waals surface area contributed by atoms with E-state index >= 15 is 0 Å². The van der Waals surface area contributed by atoms with Crippen LogP contribution in [0.4, 0.5) is 10.6 Å². The number of amides is 2. The summed E-state index contributed by atoms with van der Waals surface area (Å²) in [7, 11) is 1.66. The SMILES string of the molecule is CCOC(=O)c1c(C)nn(C)c1NC(=O)NC(c1ccccc1)c1ccccc1. The number of esters is 1. The average molecular weight is 392 g/mol. The van der Waals surface area contributed by atoms with Crippen LogP contribution in [-0.4, -0.2) is 28.4 Å². The number of urea groups is 1. The maximum absolute atomic E-state index is 12.8. The molecule has 0 saturated heterocycles. The fraction of sp³-hybridized carbons (Fsp3) is 0.227. The summed E-state index contributed by atoms with van der Waals surface area (Å²) in [6.07, 6.45) is 0. The fourth-order valence-electron chi connectivity index (χ4n) is 3.17. The number of hydrogen-bond donors (Lipinski definition) is 2. The van der Waals surface area contributed by atoms with Crippen molar-refractivity contribution in [2.24, 2.45) is 7.05 Å². The Hall–Kier alpha value is -3.61. The van der Waals surface area contributed by atoms with E-state index in [1.807, 2.05) is 60.7 Å². The summed E-state index contributed by atoms with van der Waals surface area (Å²) in [5.74, 6) is -0.227. The number of carbonyl (C=O) groups is 2. The lowest BCUT2D eigenvalue weighted by atomic mass is 9.99. The van der Waals surface area contributed by atoms with Gasteiger partial charge in [0.25, 0.3) is 0 Å². The van der Waals surface area contributed by atoms with E-state index in [4.69, 9.17) is 4.74 Å². The first kappa shape index (κ1) is 20.1. The van der Waals surface area contributed by atoms with E-state index in [0.717, 1.165) is 11.1 Å². The first-order valence-corrected chi connectivity index (χ1v) is 9.39. The van der Waals surface area contributed by atoms with E-state index in [9.17, 15) is 9.59 Å². The Morgan fingerprint density at radius 1 is 1.03 bits per heavy atom. The number of aromatic nitrogens is 2. The number of nitrogens with zero attached hydrogens (tertiary/aromatic N) is 2. The highest BCUT2D eigenvalue weighted by molar-refractivity contribution is 6.00. The molecule has 2 amide bonds. The van der Waals surface area contributed by atoms with Gasteiger partial charge in [0.05, 0.1) is 18.3 Å². The molecule has 29 heavy (non-hydrogen) atoms. The van der Waals surface area contributed by atoms with Crippen LogP contribution in [0.3, 0.4) is 0 Å². The molecule has 3 aromatic rings. The van der Waals surface area contributed by atoms with Gasteiger partial charge in [0.2, 0.25) is 0 Å². The van der Waals surface area contributed by atoms with Crippen LogP contribution >= 0.6 is 0 Å². The maximum atomic E-state index is 12.8. The molecule has 2 aromatic carbocycles. The number of carbonyl (C=O) groups excluding carboxylic acids is 2. The van der Waals surface area contributed by atoms with Crippen molar-refractivity contribution in [3.05, 3.63) is 83.0 Å². The van der Waals surface area contributed by atoms with Crippen LogP contribution in [-0.2, 0) is 11.8 Å². The van der Waals surface area contributed by atoms with E-state index < -0.39 is 12.0 Å². The molecule has 150 valence electrons. The van der Waals surface area contributed by atoms with Crippen LogP contribution < -0.4 is 10.6 Å². The molecule has 0 bridgehead atoms. The third-order valence-corrected chi connectivity index (χ3v) is 4.47. The van der Waals surface area contributed by atoms with Crippen molar-refractivity contribution in [2.75, 3.05) is 11.9 Å². The Labute approximate surface area is 169 Å². The minimum Gasteiger partial charge on any atom is -0.462 e. The number of rotatable bonds is 6. The van der Waals surface area contributed by atoms with Crippen molar-refractivity contribution in [3.8, 4) is 0 Å². The Morgan fingerprint density at radius 3 is 2.10 bits per heavy atom. The van der Waals surface area contributed by atoms with Gasteiger partial charge in [0.15, 0.2) is 0 Å². The summed E-state index contributed by atoms with van der Waals surface area (Å²) >= 11 is 0. The zero-order valence-electron chi connectivity index (χ0n) is 16.7. The van der Waals surface area contributed by atoms with Gasteiger partial charge in [-0.15, -0.1) is 0 Å². The van der Waals surface area contributed by atoms with Crippen LogP contribution in [0.2, 0.25) is 0 Å². The summed E-state index contributed by atoms with van der Waals surface area (Å²) in [5.41, 5.74) is 2.63. The van der Waals surface area contributed by atoms with Crippen LogP contribution in [0.1, 0.15) is 40.1 Å². The Morgan fingerprint density at radius 2 is 1.59 bits per heavy atom. The zero-order chi connectivity index (χ0) is 20.8. The number of benzene rings is 2. The molecule has 0 fully saturated rings. The Kier molecular flexibility index (Phi) is 6.29. The predicted octanol–water partition coefficient (Wildman–Crippen LogP) is 3.82. The second-order valence-electron chi connectivity index (χ2n) is 6.51. The van der Waals surface area contributed by atoms with Gasteiger partial charge in [-0.25, -0.2) is 9.59 Å². The Bertz CT molecular complexity index is 945. The summed E-state index contributed by atoms with van der Waals surface area (Å²) in [6.45, 7) is 3.67. The molecule has 3 rings (SSSR count). The van der Waals surface area contributed by atoms with Gasteiger partial charge in [0.1, 0.15) is 11.4 Å². The van der Waals surface area contributed by atoms with E-state index in [2.05, 4.69) is 15.7 Å². The van der Waals surface area contributed by atoms with Gasteiger partial charge in [-0.05, 0) is 25.0 Å². The van der Waals surface area contributed by atoms with Crippen LogP contribution in [0.5, 0.6) is 0 Å². The predicted molar refractivity (Wildman–Crippen MR) is 111 cm³/mol. The molecule has 0 atom stereocenters. The van der Waals surface area contributed by atoms with Crippen LogP contribution in [0.25, 0.3) is 0 Å². The molecule has 7 heteroatoms. The monoisotopic (exact) mass is 392 g/mol. The van der Waals surface area contributed by atoms with Crippen molar-refractivity contribution < 1.29 is 14.3 Å². The van der Waals surface area contributed by atoms with E-state index in [1.165, 1.54) is 4.68 Å². The molecule has 0 unspecified atom stereocenters. The lowest BCUT2D eigenvalue weighted by molar-refractivity contribution is 0.0526. The van der Waals surface area contributed by atoms with Gasteiger partial charge < -0.3 is 10.1 Å². The number of anilines is 1. The zero-order valence-corrected chi connectivity index (χ0v) is 16.7. The van der Waals surface area contributed by atoms with Gasteiger partial charge in [-0.3, -0.25) is 10.00 Å². The van der Waals surface area contributed by atoms with Crippen molar-refractivity contribution in [1.29, 1.82) is 0 Å². The van der Waals surface area contributed by atoms with Crippen LogP contribution in [0, 0.1) is 6.92 Å². The van der Waals surface area contributed by atoms with E-state index in [0.29, 0.717) is 11.5 Å². The molecule has 0 spiro atoms. The highest BCUT2D eigenvalue weighted by Crippen LogP contribution is 2.23. The minimum absolute atomic E-state index is 0.239. The first-order valence-electron chi connectivity index (χ1n) is 9.39. The van der Waals surface area contributed by atoms with E-state index in [-0.39, 0.29) is 18.2 Å². The number of nitrogens with one attached hydrogen (secondary N) is 2. The molecule has 2 N–H and O–H groups in total. The lowest BCUT2D eigenvalue weighted by Gasteiger charge is -2.20. The van der Waals surface area contributed by atoms with Crippen molar-refractivity contribution in [2.45, 2.75) is 19.9 Å². The standard InChI is InChI=1S/C22H24N4O3/c1-4-29-21(27)18-15(2)25-26(3)20(18)24-22(28)23-19(16-11-7-5-8-12-16)17-13-9-6-10-14-17/h5-14,19H,4H2,1-3H3,(H2,23,24,28). The number of ether oxygens (including phenoxy) is 1. The normalized spacial score (nSPS) is 10.6. The largest absolute Gasteiger partial charge is 0.462 e. The first-order chi connectivity index (χ1) is 14.0. The van der Waals surface area contributed by atoms with Gasteiger partial charge in [-0.2, -0.15) is 5.10 Å². The summed E-state index contributed by atoms with van der Waals surface area (Å²) in [4.78, 5) is 25.1. The van der Waals surface area contributed by atoms with Gasteiger partial charge in [-0.1, -0.05) is 60.7 Å². The summed E-state index contributed by atoms with van der Waals surface area (Å²) in [5, 5.41) is 9.98. The maximum Gasteiger partial charge on any atom is 0.343 e. The molecule has 0 saturated carbocycles. The molecular weight excluding hydrogens is 368 g/mol. The summed E-state index contributed by atoms with van der Waals surface area (Å²) < 4.78 is 6.56. The highest BCUT2D eigenvalue weighted by atomic mass is 16.5. The van der Waals surface area contributed by atoms with Crippen molar-refractivity contribution in [1.82, 2.24) is 15.1 Å². The highest BCUT2D eigenvalue weighted by Gasteiger charge is 2.24. The molecule has 0 radical (unpaired) electrons. The Balaban J connectivity index is 1.86. The smallest absolute Gasteiger partial charge is 0.343 e. The molecule has 0 aliphatic carbocycles. The van der Waals surface area contributed by atoms with Crippen molar-refractivity contribution >= 4 is 17.8 Å². The third-order valence-electron chi connectivity index (χ3n) is 4.47. The van der Waals surface area contributed by atoms with Crippen LogP contribution in [0.15, 0.2) is 60.7 Å². The lowest BCUT2D eigenvalue weighted by Crippen LogP contribution is -2.34. The van der Waals surface area contributed by atoms with E-state index in [1.54, 1.807) is 20.9 Å². The number of aryl methyl sites for hydroxylation is 2. The summed E-state index contributed by atoms with van der Waals surface area (Å²) in [6, 6.07) is 18.6. The average Bonchev–Trinajstić information content (AvgIpc) is 3.00.